The molecular weight excluding hydrogens is 368 g/mol. The summed E-state index contributed by atoms with van der Waals surface area (Å²) in [5.41, 5.74) is 0.706. The minimum Gasteiger partial charge on any atom is -0.477 e. The number of hydrogen-bond donors (Lipinski definition) is 2. The van der Waals surface area contributed by atoms with Crippen LogP contribution in [0.1, 0.15) is 21.5 Å². The van der Waals surface area contributed by atoms with Crippen molar-refractivity contribution in [3.8, 4) is 17.6 Å². The van der Waals surface area contributed by atoms with Crippen molar-refractivity contribution in [2.45, 2.75) is 0 Å². The van der Waals surface area contributed by atoms with E-state index in [1.807, 2.05) is 24.3 Å². The van der Waals surface area contributed by atoms with Gasteiger partial charge in [0.1, 0.15) is 23.3 Å². The molecule has 0 heterocycles. The average molecular weight is 384 g/mol. The highest BCUT2D eigenvalue weighted by molar-refractivity contribution is 6.02. The molecule has 0 bridgehead atoms. The van der Waals surface area contributed by atoms with Gasteiger partial charge in [-0.2, -0.15) is 5.26 Å². The van der Waals surface area contributed by atoms with Gasteiger partial charge < -0.3 is 15.2 Å². The first-order valence-corrected chi connectivity index (χ1v) is 8.65. The maximum atomic E-state index is 12.2. The van der Waals surface area contributed by atoms with E-state index in [1.54, 1.807) is 54.6 Å². The number of nitriles is 1. The largest absolute Gasteiger partial charge is 0.477 e. The lowest BCUT2D eigenvalue weighted by atomic mass is 10.1. The number of para-hydroxylation sites is 1. The van der Waals surface area contributed by atoms with E-state index in [2.05, 4.69) is 5.32 Å². The number of carbonyl (C=O) groups excluding carboxylic acids is 1. The molecule has 3 rings (SSSR count). The van der Waals surface area contributed by atoms with Crippen LogP contribution in [0.3, 0.4) is 0 Å². The van der Waals surface area contributed by atoms with E-state index >= 15 is 0 Å². The van der Waals surface area contributed by atoms with Gasteiger partial charge in [-0.3, -0.25) is 4.79 Å². The molecule has 0 spiro atoms. The quantitative estimate of drug-likeness (QED) is 0.620. The molecule has 0 radical (unpaired) electrons. The second-order valence-electron chi connectivity index (χ2n) is 5.97. The summed E-state index contributed by atoms with van der Waals surface area (Å²) in [4.78, 5) is 23.8. The maximum absolute atomic E-state index is 12.2. The van der Waals surface area contributed by atoms with Gasteiger partial charge in [-0.1, -0.05) is 42.5 Å². The number of ether oxygens (including phenoxy) is 1. The Morgan fingerprint density at radius 2 is 1.62 bits per heavy atom. The fourth-order valence-electron chi connectivity index (χ4n) is 2.53. The van der Waals surface area contributed by atoms with Crippen LogP contribution in [0.15, 0.2) is 84.6 Å². The van der Waals surface area contributed by atoms with Crippen LogP contribution in [0.2, 0.25) is 0 Å². The zero-order valence-electron chi connectivity index (χ0n) is 15.2. The number of nitrogens with one attached hydrogen (secondary N) is 1. The molecule has 3 aromatic rings. The van der Waals surface area contributed by atoms with Gasteiger partial charge in [0.05, 0.1) is 5.56 Å². The Morgan fingerprint density at radius 1 is 0.966 bits per heavy atom. The van der Waals surface area contributed by atoms with Gasteiger partial charge >= 0.3 is 5.97 Å². The molecule has 6 heteroatoms. The van der Waals surface area contributed by atoms with Crippen LogP contribution in [0.4, 0.5) is 0 Å². The highest BCUT2D eigenvalue weighted by Gasteiger charge is 2.14. The molecule has 3 aromatic carbocycles. The van der Waals surface area contributed by atoms with Crippen molar-refractivity contribution in [3.63, 3.8) is 0 Å². The number of rotatable bonds is 6. The highest BCUT2D eigenvalue weighted by atomic mass is 16.5. The summed E-state index contributed by atoms with van der Waals surface area (Å²) in [6.07, 6.45) is 1.29. The third kappa shape index (κ3) is 5.08. The number of nitrogens with zero attached hydrogens (tertiary/aromatic N) is 1. The average Bonchev–Trinajstić information content (AvgIpc) is 2.75. The van der Waals surface area contributed by atoms with Gasteiger partial charge in [0, 0.05) is 5.56 Å². The summed E-state index contributed by atoms with van der Waals surface area (Å²) in [6.45, 7) is 0. The third-order valence-corrected chi connectivity index (χ3v) is 3.92. The van der Waals surface area contributed by atoms with Crippen LogP contribution in [-0.4, -0.2) is 17.0 Å². The monoisotopic (exact) mass is 384 g/mol. The van der Waals surface area contributed by atoms with E-state index in [0.29, 0.717) is 22.6 Å². The van der Waals surface area contributed by atoms with Crippen molar-refractivity contribution in [2.75, 3.05) is 0 Å². The molecule has 0 aliphatic rings. The highest BCUT2D eigenvalue weighted by Crippen LogP contribution is 2.26. The lowest BCUT2D eigenvalue weighted by Gasteiger charge is -2.09. The first kappa shape index (κ1) is 19.4. The fourth-order valence-corrected chi connectivity index (χ4v) is 2.53. The van der Waals surface area contributed by atoms with E-state index < -0.39 is 11.9 Å². The van der Waals surface area contributed by atoms with Gasteiger partial charge in [0.15, 0.2) is 0 Å². The van der Waals surface area contributed by atoms with Crippen molar-refractivity contribution in [2.24, 2.45) is 0 Å². The Labute approximate surface area is 167 Å². The van der Waals surface area contributed by atoms with Gasteiger partial charge in [0.2, 0.25) is 0 Å². The van der Waals surface area contributed by atoms with E-state index in [9.17, 15) is 20.0 Å². The number of amides is 1. The number of benzene rings is 3. The number of carboxylic acid groups (broad SMARTS) is 1. The van der Waals surface area contributed by atoms with E-state index in [4.69, 9.17) is 4.74 Å². The second-order valence-corrected chi connectivity index (χ2v) is 5.97. The smallest absolute Gasteiger partial charge is 0.352 e. The summed E-state index contributed by atoms with van der Waals surface area (Å²) >= 11 is 0. The van der Waals surface area contributed by atoms with Gasteiger partial charge in [-0.15, -0.1) is 0 Å². The molecule has 0 aromatic heterocycles. The molecule has 0 saturated carbocycles. The molecule has 0 aliphatic carbocycles. The first-order chi connectivity index (χ1) is 14.1. The Balaban J connectivity index is 1.85. The normalized spacial score (nSPS) is 10.7. The molecule has 1 amide bonds. The van der Waals surface area contributed by atoms with Crippen molar-refractivity contribution >= 4 is 18.0 Å². The Hall–Kier alpha value is -4.37. The van der Waals surface area contributed by atoms with Crippen LogP contribution in [-0.2, 0) is 4.79 Å². The first-order valence-electron chi connectivity index (χ1n) is 8.65. The molecule has 142 valence electrons. The second kappa shape index (κ2) is 9.02. The molecule has 29 heavy (non-hydrogen) atoms. The zero-order valence-corrected chi connectivity index (χ0v) is 15.2. The van der Waals surface area contributed by atoms with E-state index in [-0.39, 0.29) is 11.3 Å². The summed E-state index contributed by atoms with van der Waals surface area (Å²) in [5.74, 6) is -0.907. The minimum absolute atomic E-state index is 0.238. The SMILES string of the molecule is N#Cc1cc(C=C(NC(=O)c2ccccc2)C(=O)O)ccc1Oc1ccccc1. The summed E-state index contributed by atoms with van der Waals surface area (Å²) in [6, 6.07) is 24.0. The summed E-state index contributed by atoms with van der Waals surface area (Å²) < 4.78 is 5.70. The van der Waals surface area contributed by atoms with Crippen LogP contribution >= 0.6 is 0 Å². The van der Waals surface area contributed by atoms with Gasteiger partial charge in [-0.05, 0) is 48.0 Å². The minimum atomic E-state index is -1.29. The van der Waals surface area contributed by atoms with Crippen LogP contribution in [0, 0.1) is 11.3 Å². The molecule has 2 N–H and O–H groups in total. The van der Waals surface area contributed by atoms with Crippen molar-refractivity contribution in [1.29, 1.82) is 5.26 Å². The molecule has 0 aliphatic heterocycles. The predicted octanol–water partition coefficient (Wildman–Crippen LogP) is 4.21. The lowest BCUT2D eigenvalue weighted by Crippen LogP contribution is -2.27. The lowest BCUT2D eigenvalue weighted by molar-refractivity contribution is -0.132. The number of carboxylic acids is 1. The predicted molar refractivity (Wildman–Crippen MR) is 107 cm³/mol. The Bertz CT molecular complexity index is 1100. The standard InChI is InChI=1S/C23H16N2O4/c24-15-18-13-16(11-12-21(18)29-19-9-5-2-6-10-19)14-20(23(27)28)25-22(26)17-7-3-1-4-8-17/h1-14H,(H,25,26)(H,27,28). The van der Waals surface area contributed by atoms with Gasteiger partial charge in [0.25, 0.3) is 5.91 Å². The van der Waals surface area contributed by atoms with Crippen molar-refractivity contribution < 1.29 is 19.4 Å². The third-order valence-electron chi connectivity index (χ3n) is 3.92. The van der Waals surface area contributed by atoms with Crippen LogP contribution in [0.25, 0.3) is 6.08 Å². The summed E-state index contributed by atoms with van der Waals surface area (Å²) in [5, 5.41) is 21.2. The van der Waals surface area contributed by atoms with Crippen molar-refractivity contribution in [3.05, 3.63) is 101 Å². The molecular formula is C23H16N2O4. The zero-order chi connectivity index (χ0) is 20.6. The van der Waals surface area contributed by atoms with E-state index in [1.165, 1.54) is 12.1 Å². The fraction of sp³-hybridized carbons (Fsp3) is 0. The van der Waals surface area contributed by atoms with Crippen LogP contribution in [0.5, 0.6) is 11.5 Å². The Kier molecular flexibility index (Phi) is 6.03. The Morgan fingerprint density at radius 3 is 2.24 bits per heavy atom. The number of carbonyl (C=O) groups is 2. The molecule has 0 saturated heterocycles. The van der Waals surface area contributed by atoms with E-state index in [0.717, 1.165) is 0 Å². The van der Waals surface area contributed by atoms with Crippen LogP contribution < -0.4 is 10.1 Å². The van der Waals surface area contributed by atoms with Gasteiger partial charge in [-0.25, -0.2) is 4.79 Å². The number of hydrogen-bond acceptors (Lipinski definition) is 4. The van der Waals surface area contributed by atoms with Crippen molar-refractivity contribution in [1.82, 2.24) is 5.32 Å². The summed E-state index contributed by atoms with van der Waals surface area (Å²) in [7, 11) is 0. The molecule has 6 nitrogen and oxygen atoms in total. The molecule has 0 atom stereocenters. The molecule has 0 fully saturated rings. The molecule has 0 unspecified atom stereocenters. The number of aliphatic carboxylic acids is 1. The topological polar surface area (TPSA) is 99.4 Å². The maximum Gasteiger partial charge on any atom is 0.352 e.